The minimum absolute atomic E-state index is 0.0651. The first-order chi connectivity index (χ1) is 9.07. The summed E-state index contributed by atoms with van der Waals surface area (Å²) in [6, 6.07) is 0. The number of aromatic nitrogens is 2. The Kier molecular flexibility index (Phi) is 3.27. The summed E-state index contributed by atoms with van der Waals surface area (Å²) in [6.45, 7) is 12.2. The number of morpholine rings is 1. The molecule has 106 valence electrons. The van der Waals surface area contributed by atoms with Crippen LogP contribution in [0.1, 0.15) is 38.0 Å². The molecular formula is C14H24N4O. The van der Waals surface area contributed by atoms with E-state index in [1.807, 2.05) is 0 Å². The Morgan fingerprint density at radius 1 is 1.21 bits per heavy atom. The lowest BCUT2D eigenvalue weighted by Gasteiger charge is -2.35. The van der Waals surface area contributed by atoms with Gasteiger partial charge in [-0.1, -0.05) is 20.8 Å². The average Bonchev–Trinajstić information content (AvgIpc) is 2.79. The molecule has 1 aromatic heterocycles. The van der Waals surface area contributed by atoms with Crippen molar-refractivity contribution >= 4 is 0 Å². The van der Waals surface area contributed by atoms with Crippen LogP contribution in [-0.4, -0.2) is 42.5 Å². The third-order valence-corrected chi connectivity index (χ3v) is 3.80. The van der Waals surface area contributed by atoms with Gasteiger partial charge in [0.15, 0.2) is 0 Å². The van der Waals surface area contributed by atoms with Gasteiger partial charge in [-0.2, -0.15) is 0 Å². The first-order valence-corrected chi connectivity index (χ1v) is 7.22. The molecule has 1 aromatic rings. The minimum Gasteiger partial charge on any atom is -0.378 e. The SMILES string of the molecule is CC(C)(C)c1nc2c(n1N1CCOCC1)CCNC2. The van der Waals surface area contributed by atoms with Crippen molar-refractivity contribution in [3.8, 4) is 0 Å². The molecule has 0 amide bonds. The smallest absolute Gasteiger partial charge is 0.133 e. The van der Waals surface area contributed by atoms with E-state index in [0.29, 0.717) is 0 Å². The van der Waals surface area contributed by atoms with Gasteiger partial charge in [0.05, 0.1) is 37.7 Å². The molecule has 1 fully saturated rings. The normalized spacial score (nSPS) is 20.5. The first-order valence-electron chi connectivity index (χ1n) is 7.22. The fourth-order valence-corrected chi connectivity index (χ4v) is 2.84. The average molecular weight is 264 g/mol. The number of nitrogens with one attached hydrogen (secondary N) is 1. The van der Waals surface area contributed by atoms with E-state index in [0.717, 1.165) is 45.8 Å². The van der Waals surface area contributed by atoms with Crippen molar-refractivity contribution in [2.24, 2.45) is 0 Å². The van der Waals surface area contributed by atoms with Crippen molar-refractivity contribution < 1.29 is 4.74 Å². The van der Waals surface area contributed by atoms with Crippen LogP contribution in [0.4, 0.5) is 0 Å². The third kappa shape index (κ3) is 2.37. The molecule has 0 aromatic carbocycles. The van der Waals surface area contributed by atoms with Gasteiger partial charge in [0.25, 0.3) is 0 Å². The largest absolute Gasteiger partial charge is 0.378 e. The Hall–Kier alpha value is -1.07. The third-order valence-electron chi connectivity index (χ3n) is 3.80. The van der Waals surface area contributed by atoms with E-state index in [9.17, 15) is 0 Å². The summed E-state index contributed by atoms with van der Waals surface area (Å²) in [7, 11) is 0. The molecule has 2 aliphatic heterocycles. The highest BCUT2D eigenvalue weighted by molar-refractivity contribution is 5.26. The fourth-order valence-electron chi connectivity index (χ4n) is 2.84. The zero-order chi connectivity index (χ0) is 13.5. The lowest BCUT2D eigenvalue weighted by atomic mass is 9.96. The van der Waals surface area contributed by atoms with E-state index in [2.05, 4.69) is 35.8 Å². The lowest BCUT2D eigenvalue weighted by molar-refractivity contribution is 0.109. The zero-order valence-corrected chi connectivity index (χ0v) is 12.2. The Labute approximate surface area is 114 Å². The molecule has 3 rings (SSSR count). The van der Waals surface area contributed by atoms with Gasteiger partial charge < -0.3 is 15.1 Å². The standard InChI is InChI=1S/C14H24N4O/c1-14(2,3)13-16-11-10-15-5-4-12(11)18(13)17-6-8-19-9-7-17/h15H,4-10H2,1-3H3. The van der Waals surface area contributed by atoms with Crippen molar-refractivity contribution in [3.63, 3.8) is 0 Å². The summed E-state index contributed by atoms with van der Waals surface area (Å²) in [4.78, 5) is 4.92. The maximum absolute atomic E-state index is 5.48. The van der Waals surface area contributed by atoms with Crippen molar-refractivity contribution in [1.29, 1.82) is 0 Å². The van der Waals surface area contributed by atoms with Crippen LogP contribution in [0.3, 0.4) is 0 Å². The van der Waals surface area contributed by atoms with Gasteiger partial charge in [-0.25, -0.2) is 9.66 Å². The summed E-state index contributed by atoms with van der Waals surface area (Å²) >= 11 is 0. The van der Waals surface area contributed by atoms with Crippen LogP contribution in [0.15, 0.2) is 0 Å². The van der Waals surface area contributed by atoms with E-state index in [1.54, 1.807) is 0 Å². The van der Waals surface area contributed by atoms with Crippen LogP contribution in [0, 0.1) is 0 Å². The summed E-state index contributed by atoms with van der Waals surface area (Å²) in [5, 5.41) is 5.82. The Bertz CT molecular complexity index is 455. The lowest BCUT2D eigenvalue weighted by Crippen LogP contribution is -2.47. The summed E-state index contributed by atoms with van der Waals surface area (Å²) in [5.74, 6) is 1.18. The monoisotopic (exact) mass is 264 g/mol. The molecule has 1 N–H and O–H groups in total. The van der Waals surface area contributed by atoms with Gasteiger partial charge >= 0.3 is 0 Å². The van der Waals surface area contributed by atoms with E-state index in [4.69, 9.17) is 9.72 Å². The number of fused-ring (bicyclic) bond motifs is 1. The molecule has 0 unspecified atom stereocenters. The van der Waals surface area contributed by atoms with Gasteiger partial charge in [0.2, 0.25) is 0 Å². The van der Waals surface area contributed by atoms with Crippen LogP contribution in [-0.2, 0) is 23.1 Å². The zero-order valence-electron chi connectivity index (χ0n) is 12.2. The number of nitrogens with zero attached hydrogens (tertiary/aromatic N) is 3. The highest BCUT2D eigenvalue weighted by Crippen LogP contribution is 2.26. The number of hydrogen-bond donors (Lipinski definition) is 1. The van der Waals surface area contributed by atoms with Gasteiger partial charge in [-0.15, -0.1) is 0 Å². The van der Waals surface area contributed by atoms with Crippen molar-refractivity contribution in [2.45, 2.75) is 39.2 Å². The van der Waals surface area contributed by atoms with E-state index < -0.39 is 0 Å². The molecule has 3 heterocycles. The molecule has 5 heteroatoms. The van der Waals surface area contributed by atoms with Crippen molar-refractivity contribution in [2.75, 3.05) is 37.9 Å². The molecule has 0 spiro atoms. The van der Waals surface area contributed by atoms with Crippen molar-refractivity contribution in [1.82, 2.24) is 15.0 Å². The Balaban J connectivity index is 2.05. The van der Waals surface area contributed by atoms with Gasteiger partial charge in [0.1, 0.15) is 5.82 Å². The molecule has 2 aliphatic rings. The van der Waals surface area contributed by atoms with Crippen LogP contribution in [0.2, 0.25) is 0 Å². The van der Waals surface area contributed by atoms with Crippen LogP contribution in [0.25, 0.3) is 0 Å². The quantitative estimate of drug-likeness (QED) is 0.814. The Morgan fingerprint density at radius 3 is 2.63 bits per heavy atom. The molecule has 0 saturated carbocycles. The topological polar surface area (TPSA) is 42.3 Å². The number of imidazole rings is 1. The van der Waals surface area contributed by atoms with Crippen LogP contribution >= 0.6 is 0 Å². The van der Waals surface area contributed by atoms with Gasteiger partial charge in [-0.3, -0.25) is 0 Å². The van der Waals surface area contributed by atoms with Crippen molar-refractivity contribution in [3.05, 3.63) is 17.2 Å². The molecule has 19 heavy (non-hydrogen) atoms. The molecule has 1 saturated heterocycles. The molecule has 5 nitrogen and oxygen atoms in total. The summed E-state index contributed by atoms with van der Waals surface area (Å²) < 4.78 is 7.87. The highest BCUT2D eigenvalue weighted by Gasteiger charge is 2.30. The summed E-state index contributed by atoms with van der Waals surface area (Å²) in [5.41, 5.74) is 2.68. The van der Waals surface area contributed by atoms with Crippen LogP contribution < -0.4 is 10.3 Å². The molecule has 0 bridgehead atoms. The second kappa shape index (κ2) is 4.80. The molecule has 0 radical (unpaired) electrons. The Morgan fingerprint density at radius 2 is 1.95 bits per heavy atom. The maximum atomic E-state index is 5.48. The van der Waals surface area contributed by atoms with E-state index >= 15 is 0 Å². The van der Waals surface area contributed by atoms with Gasteiger partial charge in [0, 0.05) is 24.9 Å². The first kappa shape index (κ1) is 12.9. The second-order valence-corrected chi connectivity index (χ2v) is 6.38. The minimum atomic E-state index is 0.0651. The van der Waals surface area contributed by atoms with Crippen LogP contribution in [0.5, 0.6) is 0 Å². The molecular weight excluding hydrogens is 240 g/mol. The predicted molar refractivity (Wildman–Crippen MR) is 75.1 cm³/mol. The second-order valence-electron chi connectivity index (χ2n) is 6.38. The van der Waals surface area contributed by atoms with E-state index in [-0.39, 0.29) is 5.41 Å². The summed E-state index contributed by atoms with van der Waals surface area (Å²) in [6.07, 6.45) is 1.07. The van der Waals surface area contributed by atoms with E-state index in [1.165, 1.54) is 17.2 Å². The van der Waals surface area contributed by atoms with Gasteiger partial charge in [-0.05, 0) is 0 Å². The molecule has 0 atom stereocenters. The number of hydrogen-bond acceptors (Lipinski definition) is 4. The maximum Gasteiger partial charge on any atom is 0.133 e. The fraction of sp³-hybridized carbons (Fsp3) is 0.786. The molecule has 0 aliphatic carbocycles. The number of rotatable bonds is 1. The highest BCUT2D eigenvalue weighted by atomic mass is 16.5. The number of ether oxygens (including phenoxy) is 1. The predicted octanol–water partition coefficient (Wildman–Crippen LogP) is 0.794.